The Labute approximate surface area is 124 Å². The lowest BCUT2D eigenvalue weighted by Crippen LogP contribution is -2.06. The number of alkyl halides is 2. The van der Waals surface area contributed by atoms with Crippen LogP contribution in [0.2, 0.25) is 0 Å². The van der Waals surface area contributed by atoms with Crippen molar-refractivity contribution in [3.63, 3.8) is 0 Å². The largest absolute Gasteiger partial charge is 0.427 e. The predicted molar refractivity (Wildman–Crippen MR) is 75.0 cm³/mol. The third kappa shape index (κ3) is 3.48. The lowest BCUT2D eigenvalue weighted by Gasteiger charge is -2.09. The summed E-state index contributed by atoms with van der Waals surface area (Å²) < 4.78 is 30.6. The first-order valence-corrected chi connectivity index (χ1v) is 6.33. The lowest BCUT2D eigenvalue weighted by atomic mass is 10.2. The maximum Gasteiger partial charge on any atom is 0.387 e. The monoisotopic (exact) mass is 312 g/mol. The number of hydrogen-bond acceptors (Lipinski definition) is 5. The molecule has 9 heteroatoms. The van der Waals surface area contributed by atoms with Gasteiger partial charge < -0.3 is 10.1 Å². The number of nitrogens with one attached hydrogen (secondary N) is 1. The molecule has 0 saturated carbocycles. The fourth-order valence-electron chi connectivity index (χ4n) is 1.88. The zero-order valence-corrected chi connectivity index (χ0v) is 11.9. The van der Waals surface area contributed by atoms with Gasteiger partial charge in [-0.15, -0.1) is 0 Å². The van der Waals surface area contributed by atoms with Gasteiger partial charge in [0.15, 0.2) is 0 Å². The van der Waals surface area contributed by atoms with Crippen LogP contribution in [-0.4, -0.2) is 21.3 Å². The average molecular weight is 312 g/mol. The van der Waals surface area contributed by atoms with Crippen LogP contribution in [0.1, 0.15) is 11.3 Å². The van der Waals surface area contributed by atoms with Gasteiger partial charge >= 0.3 is 12.3 Å². The van der Waals surface area contributed by atoms with E-state index < -0.39 is 23.0 Å². The molecule has 0 radical (unpaired) electrons. The standard InChI is InChI=1S/C13H14F2N4O3/c1-8-9(7-17-18(8)2)6-16-10-3-4-11(19(20)21)12(5-10)22-13(14)15/h3-5,7,13,16H,6H2,1-2H3. The molecule has 2 rings (SSSR count). The van der Waals surface area contributed by atoms with Gasteiger partial charge in [0.2, 0.25) is 5.75 Å². The van der Waals surface area contributed by atoms with Crippen molar-refractivity contribution < 1.29 is 18.4 Å². The van der Waals surface area contributed by atoms with Gasteiger partial charge in [-0.25, -0.2) is 0 Å². The molecule has 2 aromatic rings. The van der Waals surface area contributed by atoms with Crippen molar-refractivity contribution in [1.29, 1.82) is 0 Å². The van der Waals surface area contributed by atoms with E-state index in [0.717, 1.165) is 17.3 Å². The van der Waals surface area contributed by atoms with Crippen molar-refractivity contribution in [2.75, 3.05) is 5.32 Å². The van der Waals surface area contributed by atoms with E-state index in [9.17, 15) is 18.9 Å². The number of aromatic nitrogens is 2. The number of nitrogens with zero attached hydrogens (tertiary/aromatic N) is 3. The summed E-state index contributed by atoms with van der Waals surface area (Å²) in [5, 5.41) is 17.9. The number of rotatable bonds is 6. The minimum Gasteiger partial charge on any atom is -0.427 e. The number of nitro groups is 1. The maximum atomic E-state index is 12.3. The highest BCUT2D eigenvalue weighted by molar-refractivity contribution is 5.58. The van der Waals surface area contributed by atoms with Crippen LogP contribution in [0.25, 0.3) is 0 Å². The van der Waals surface area contributed by atoms with Gasteiger partial charge in [0.1, 0.15) is 0 Å². The van der Waals surface area contributed by atoms with Crippen LogP contribution in [0.15, 0.2) is 24.4 Å². The highest BCUT2D eigenvalue weighted by atomic mass is 19.3. The molecule has 0 aliphatic carbocycles. The Morgan fingerprint density at radius 2 is 2.23 bits per heavy atom. The summed E-state index contributed by atoms with van der Waals surface area (Å²) >= 11 is 0. The van der Waals surface area contributed by atoms with Crippen LogP contribution < -0.4 is 10.1 Å². The topological polar surface area (TPSA) is 82.2 Å². The summed E-state index contributed by atoms with van der Waals surface area (Å²) in [6.45, 7) is -0.828. The maximum absolute atomic E-state index is 12.3. The van der Waals surface area contributed by atoms with E-state index in [0.29, 0.717) is 12.2 Å². The van der Waals surface area contributed by atoms with Crippen molar-refractivity contribution in [3.8, 4) is 5.75 Å². The molecule has 0 aliphatic heterocycles. The van der Waals surface area contributed by atoms with Crippen molar-refractivity contribution in [2.45, 2.75) is 20.1 Å². The molecule has 1 N–H and O–H groups in total. The summed E-state index contributed by atoms with van der Waals surface area (Å²) in [6, 6.07) is 3.73. The van der Waals surface area contributed by atoms with Crippen LogP contribution in [0.5, 0.6) is 5.75 Å². The molecule has 1 aromatic carbocycles. The highest BCUT2D eigenvalue weighted by Crippen LogP contribution is 2.31. The first-order valence-electron chi connectivity index (χ1n) is 6.33. The normalized spacial score (nSPS) is 10.8. The number of benzene rings is 1. The fourth-order valence-corrected chi connectivity index (χ4v) is 1.88. The Morgan fingerprint density at radius 1 is 1.50 bits per heavy atom. The van der Waals surface area contributed by atoms with E-state index >= 15 is 0 Å². The van der Waals surface area contributed by atoms with Crippen LogP contribution in [0.4, 0.5) is 20.2 Å². The molecule has 0 aliphatic rings. The second kappa shape index (κ2) is 6.37. The van der Waals surface area contributed by atoms with E-state index in [2.05, 4.69) is 15.2 Å². The second-order valence-corrected chi connectivity index (χ2v) is 4.55. The lowest BCUT2D eigenvalue weighted by molar-refractivity contribution is -0.386. The summed E-state index contributed by atoms with van der Waals surface area (Å²) in [5.74, 6) is -0.479. The molecule has 0 saturated heterocycles. The van der Waals surface area contributed by atoms with Crippen molar-refractivity contribution in [1.82, 2.24) is 9.78 Å². The molecular formula is C13H14F2N4O3. The van der Waals surface area contributed by atoms with Gasteiger partial charge in [-0.2, -0.15) is 13.9 Å². The Balaban J connectivity index is 2.17. The molecule has 22 heavy (non-hydrogen) atoms. The Kier molecular flexibility index (Phi) is 4.54. The number of ether oxygens (including phenoxy) is 1. The number of hydrogen-bond donors (Lipinski definition) is 1. The van der Waals surface area contributed by atoms with Gasteiger partial charge in [0.25, 0.3) is 0 Å². The number of anilines is 1. The molecule has 0 bridgehead atoms. The highest BCUT2D eigenvalue weighted by Gasteiger charge is 2.19. The molecular weight excluding hydrogens is 298 g/mol. The molecule has 118 valence electrons. The zero-order chi connectivity index (χ0) is 16.3. The van der Waals surface area contributed by atoms with E-state index in [1.807, 2.05) is 6.92 Å². The van der Waals surface area contributed by atoms with Gasteiger partial charge in [0.05, 0.1) is 11.1 Å². The summed E-state index contributed by atoms with van der Waals surface area (Å²) in [4.78, 5) is 10.0. The van der Waals surface area contributed by atoms with Gasteiger partial charge in [-0.05, 0) is 13.0 Å². The van der Waals surface area contributed by atoms with Gasteiger partial charge in [0, 0.05) is 42.7 Å². The number of halogens is 2. The Bertz CT molecular complexity index is 688. The summed E-state index contributed by atoms with van der Waals surface area (Å²) in [5.41, 5.74) is 1.81. The first-order chi connectivity index (χ1) is 10.4. The fraction of sp³-hybridized carbons (Fsp3) is 0.308. The number of aryl methyl sites for hydroxylation is 1. The molecule has 0 amide bonds. The van der Waals surface area contributed by atoms with Crippen LogP contribution in [0, 0.1) is 17.0 Å². The third-order valence-corrected chi connectivity index (χ3v) is 3.19. The molecule has 1 heterocycles. The van der Waals surface area contributed by atoms with E-state index in [4.69, 9.17) is 0 Å². The quantitative estimate of drug-likeness (QED) is 0.655. The van der Waals surface area contributed by atoms with Crippen LogP contribution >= 0.6 is 0 Å². The van der Waals surface area contributed by atoms with Crippen molar-refractivity contribution in [2.24, 2.45) is 7.05 Å². The molecule has 7 nitrogen and oxygen atoms in total. The summed E-state index contributed by atoms with van der Waals surface area (Å²) in [6.07, 6.45) is 1.68. The Morgan fingerprint density at radius 3 is 2.77 bits per heavy atom. The molecule has 1 aromatic heterocycles. The molecule has 0 spiro atoms. The molecule has 0 fully saturated rings. The van der Waals surface area contributed by atoms with Crippen molar-refractivity contribution >= 4 is 11.4 Å². The van der Waals surface area contributed by atoms with Crippen molar-refractivity contribution in [3.05, 3.63) is 45.8 Å². The SMILES string of the molecule is Cc1c(CNc2ccc([N+](=O)[O-])c(OC(F)F)c2)cnn1C. The van der Waals surface area contributed by atoms with E-state index in [-0.39, 0.29) is 0 Å². The van der Waals surface area contributed by atoms with E-state index in [1.54, 1.807) is 17.9 Å². The predicted octanol–water partition coefficient (Wildman–Crippen LogP) is 2.85. The number of nitro benzene ring substituents is 1. The molecule has 0 unspecified atom stereocenters. The smallest absolute Gasteiger partial charge is 0.387 e. The van der Waals surface area contributed by atoms with Gasteiger partial charge in [-0.3, -0.25) is 14.8 Å². The second-order valence-electron chi connectivity index (χ2n) is 4.55. The third-order valence-electron chi connectivity index (χ3n) is 3.19. The Hall–Kier alpha value is -2.71. The summed E-state index contributed by atoms with van der Waals surface area (Å²) in [7, 11) is 1.80. The van der Waals surface area contributed by atoms with Crippen LogP contribution in [0.3, 0.4) is 0 Å². The minimum atomic E-state index is -3.13. The van der Waals surface area contributed by atoms with E-state index in [1.165, 1.54) is 12.1 Å². The minimum absolute atomic E-state index is 0.408. The van der Waals surface area contributed by atoms with Gasteiger partial charge in [-0.1, -0.05) is 0 Å². The average Bonchev–Trinajstić information content (AvgIpc) is 2.76. The van der Waals surface area contributed by atoms with Crippen LogP contribution in [-0.2, 0) is 13.6 Å². The zero-order valence-electron chi connectivity index (χ0n) is 11.9. The first kappa shape index (κ1) is 15.7. The molecule has 0 atom stereocenters.